The predicted octanol–water partition coefficient (Wildman–Crippen LogP) is 3.00. The summed E-state index contributed by atoms with van der Waals surface area (Å²) in [6.45, 7) is 3.10. The molecule has 140 valence electrons. The fourth-order valence-electron chi connectivity index (χ4n) is 3.06. The van der Waals surface area contributed by atoms with E-state index in [1.54, 1.807) is 24.1 Å². The van der Waals surface area contributed by atoms with Gasteiger partial charge in [-0.1, -0.05) is 17.7 Å². The monoisotopic (exact) mass is 376 g/mol. The van der Waals surface area contributed by atoms with Gasteiger partial charge in [0.05, 0.1) is 12.6 Å². The van der Waals surface area contributed by atoms with Crippen LogP contribution in [0.1, 0.15) is 35.8 Å². The molecule has 2 heterocycles. The van der Waals surface area contributed by atoms with Crippen molar-refractivity contribution in [1.29, 1.82) is 0 Å². The average molecular weight is 377 g/mol. The second-order valence-corrected chi connectivity index (χ2v) is 7.00. The number of carbonyl (C=O) groups excluding carboxylic acids is 1. The molecule has 0 bridgehead atoms. The first kappa shape index (κ1) is 18.7. The van der Waals surface area contributed by atoms with Gasteiger partial charge in [-0.2, -0.15) is 5.10 Å². The fraction of sp³-hybridized carbons (Fsp3) is 0.474. The molecule has 3 rings (SSSR count). The van der Waals surface area contributed by atoms with E-state index >= 15 is 0 Å². The van der Waals surface area contributed by atoms with Crippen LogP contribution in [0.25, 0.3) is 0 Å². The lowest BCUT2D eigenvalue weighted by Gasteiger charge is -2.23. The zero-order valence-electron chi connectivity index (χ0n) is 15.0. The normalized spacial score (nSPS) is 17.1. The lowest BCUT2D eigenvalue weighted by atomic mass is 10.1. The molecule has 0 saturated carbocycles. The number of benzene rings is 1. The minimum absolute atomic E-state index is 0.0599. The standard InChI is InChI=1S/C19H25ClN4O2/c1-23(10-4-12-26-17-7-2-5-15(20)13-17)19(25)18-8-11-24(22-18)16-6-3-9-21-14-16/h2,5,7-8,11,13,16,21H,3-4,6,9-10,12,14H2,1H3. The molecule has 1 N–H and O–H groups in total. The highest BCUT2D eigenvalue weighted by molar-refractivity contribution is 6.30. The summed E-state index contributed by atoms with van der Waals surface area (Å²) in [5, 5.41) is 8.50. The smallest absolute Gasteiger partial charge is 0.274 e. The first-order valence-corrected chi connectivity index (χ1v) is 9.41. The van der Waals surface area contributed by atoms with Crippen LogP contribution in [-0.4, -0.2) is 53.9 Å². The first-order valence-electron chi connectivity index (χ1n) is 9.03. The Labute approximate surface area is 159 Å². The minimum Gasteiger partial charge on any atom is -0.493 e. The van der Waals surface area contributed by atoms with Crippen molar-refractivity contribution in [2.24, 2.45) is 0 Å². The predicted molar refractivity (Wildman–Crippen MR) is 102 cm³/mol. The summed E-state index contributed by atoms with van der Waals surface area (Å²) in [5.74, 6) is 0.682. The number of rotatable bonds is 7. The highest BCUT2D eigenvalue weighted by Gasteiger charge is 2.19. The van der Waals surface area contributed by atoms with Gasteiger partial charge in [0.25, 0.3) is 5.91 Å². The van der Waals surface area contributed by atoms with Crippen LogP contribution in [0.2, 0.25) is 5.02 Å². The van der Waals surface area contributed by atoms with Gasteiger partial charge in [-0.05, 0) is 50.1 Å². The molecule has 1 atom stereocenters. The molecule has 1 fully saturated rings. The van der Waals surface area contributed by atoms with E-state index in [1.807, 2.05) is 29.1 Å². The molecule has 2 aromatic rings. The summed E-state index contributed by atoms with van der Waals surface area (Å²) in [6.07, 6.45) is 4.88. The van der Waals surface area contributed by atoms with Crippen molar-refractivity contribution in [2.45, 2.75) is 25.3 Å². The van der Waals surface area contributed by atoms with Crippen molar-refractivity contribution in [3.05, 3.63) is 47.2 Å². The van der Waals surface area contributed by atoms with Crippen molar-refractivity contribution in [2.75, 3.05) is 33.3 Å². The van der Waals surface area contributed by atoms with Gasteiger partial charge in [0.15, 0.2) is 0 Å². The van der Waals surface area contributed by atoms with Gasteiger partial charge in [0.1, 0.15) is 11.4 Å². The van der Waals surface area contributed by atoms with E-state index in [9.17, 15) is 4.79 Å². The lowest BCUT2D eigenvalue weighted by Crippen LogP contribution is -2.32. The van der Waals surface area contributed by atoms with Crippen LogP contribution in [0, 0.1) is 0 Å². The van der Waals surface area contributed by atoms with Gasteiger partial charge in [-0.3, -0.25) is 9.48 Å². The van der Waals surface area contributed by atoms with Gasteiger partial charge >= 0.3 is 0 Å². The number of carbonyl (C=O) groups is 1. The molecule has 0 radical (unpaired) electrons. The SMILES string of the molecule is CN(CCCOc1cccc(Cl)c1)C(=O)c1ccn(C2CCCNC2)n1. The number of nitrogens with one attached hydrogen (secondary N) is 1. The van der Waals surface area contributed by atoms with Crippen LogP contribution in [0.4, 0.5) is 0 Å². The molecular weight excluding hydrogens is 352 g/mol. The number of hydrogen-bond donors (Lipinski definition) is 1. The van der Waals surface area contributed by atoms with E-state index in [2.05, 4.69) is 10.4 Å². The molecule has 0 aliphatic carbocycles. The summed E-state index contributed by atoms with van der Waals surface area (Å²) >= 11 is 5.93. The van der Waals surface area contributed by atoms with Gasteiger partial charge in [0.2, 0.25) is 0 Å². The number of amides is 1. The van der Waals surface area contributed by atoms with Crippen molar-refractivity contribution >= 4 is 17.5 Å². The lowest BCUT2D eigenvalue weighted by molar-refractivity contribution is 0.0780. The van der Waals surface area contributed by atoms with Gasteiger partial charge < -0.3 is 15.0 Å². The van der Waals surface area contributed by atoms with Crippen molar-refractivity contribution in [3.8, 4) is 5.75 Å². The third-order valence-corrected chi connectivity index (χ3v) is 4.76. The molecule has 1 saturated heterocycles. The minimum atomic E-state index is -0.0599. The second-order valence-electron chi connectivity index (χ2n) is 6.57. The van der Waals surface area contributed by atoms with Crippen LogP contribution < -0.4 is 10.1 Å². The van der Waals surface area contributed by atoms with E-state index in [0.29, 0.717) is 29.9 Å². The van der Waals surface area contributed by atoms with E-state index in [-0.39, 0.29) is 5.91 Å². The van der Waals surface area contributed by atoms with Crippen molar-refractivity contribution < 1.29 is 9.53 Å². The molecule has 1 aromatic carbocycles. The highest BCUT2D eigenvalue weighted by Crippen LogP contribution is 2.18. The number of aromatic nitrogens is 2. The maximum absolute atomic E-state index is 12.5. The number of piperidine rings is 1. The zero-order valence-corrected chi connectivity index (χ0v) is 15.8. The van der Waals surface area contributed by atoms with Gasteiger partial charge in [-0.15, -0.1) is 0 Å². The summed E-state index contributed by atoms with van der Waals surface area (Å²) in [5.41, 5.74) is 0.494. The molecule has 1 aromatic heterocycles. The van der Waals surface area contributed by atoms with Gasteiger partial charge in [-0.25, -0.2) is 0 Å². The van der Waals surface area contributed by atoms with E-state index in [1.165, 1.54) is 0 Å². The Morgan fingerprint density at radius 2 is 2.35 bits per heavy atom. The molecule has 1 unspecified atom stereocenters. The Morgan fingerprint density at radius 3 is 3.12 bits per heavy atom. The van der Waals surface area contributed by atoms with E-state index < -0.39 is 0 Å². The maximum Gasteiger partial charge on any atom is 0.274 e. The summed E-state index contributed by atoms with van der Waals surface area (Å²) < 4.78 is 7.57. The Bertz CT molecular complexity index is 728. The van der Waals surface area contributed by atoms with E-state index in [0.717, 1.165) is 38.1 Å². The van der Waals surface area contributed by atoms with Crippen LogP contribution in [0.5, 0.6) is 5.75 Å². The third-order valence-electron chi connectivity index (χ3n) is 4.52. The molecule has 6 nitrogen and oxygen atoms in total. The molecule has 1 aliphatic rings. The quantitative estimate of drug-likeness (QED) is 0.755. The Kier molecular flexibility index (Phi) is 6.52. The first-order chi connectivity index (χ1) is 12.6. The molecule has 26 heavy (non-hydrogen) atoms. The Morgan fingerprint density at radius 1 is 1.46 bits per heavy atom. The van der Waals surface area contributed by atoms with Crippen molar-refractivity contribution in [3.63, 3.8) is 0 Å². The topological polar surface area (TPSA) is 59.4 Å². The molecule has 1 amide bonds. The number of halogens is 1. The van der Waals surface area contributed by atoms with Crippen LogP contribution in [0.15, 0.2) is 36.5 Å². The molecule has 1 aliphatic heterocycles. The van der Waals surface area contributed by atoms with Crippen molar-refractivity contribution in [1.82, 2.24) is 20.0 Å². The number of nitrogens with zero attached hydrogens (tertiary/aromatic N) is 3. The summed E-state index contributed by atoms with van der Waals surface area (Å²) in [4.78, 5) is 14.2. The highest BCUT2D eigenvalue weighted by atomic mass is 35.5. The second kappa shape index (κ2) is 9.05. The average Bonchev–Trinajstić information content (AvgIpc) is 3.15. The molecule has 7 heteroatoms. The van der Waals surface area contributed by atoms with Gasteiger partial charge in [0, 0.05) is 31.4 Å². The fourth-order valence-corrected chi connectivity index (χ4v) is 3.24. The summed E-state index contributed by atoms with van der Waals surface area (Å²) in [7, 11) is 1.79. The zero-order chi connectivity index (χ0) is 18.4. The summed E-state index contributed by atoms with van der Waals surface area (Å²) in [6, 6.07) is 9.45. The van der Waals surface area contributed by atoms with Crippen LogP contribution in [-0.2, 0) is 0 Å². The van der Waals surface area contributed by atoms with Crippen LogP contribution in [0.3, 0.4) is 0 Å². The molecule has 0 spiro atoms. The van der Waals surface area contributed by atoms with Crippen LogP contribution >= 0.6 is 11.6 Å². The number of hydrogen-bond acceptors (Lipinski definition) is 4. The largest absolute Gasteiger partial charge is 0.493 e. The Balaban J connectivity index is 1.44. The third kappa shape index (κ3) is 4.99. The number of ether oxygens (including phenoxy) is 1. The Hall–Kier alpha value is -2.05. The maximum atomic E-state index is 12.5. The van der Waals surface area contributed by atoms with E-state index in [4.69, 9.17) is 16.3 Å². The molecular formula is C19H25ClN4O2.